The van der Waals surface area contributed by atoms with Gasteiger partial charge < -0.3 is 20.1 Å². The molecular formula is C11H19N3O4. The van der Waals surface area contributed by atoms with Gasteiger partial charge in [-0.15, -0.1) is 5.10 Å². The van der Waals surface area contributed by atoms with Crippen molar-refractivity contribution in [1.82, 2.24) is 15.0 Å². The van der Waals surface area contributed by atoms with Crippen LogP contribution in [-0.2, 0) is 11.2 Å². The quantitative estimate of drug-likeness (QED) is 0.640. The van der Waals surface area contributed by atoms with Crippen LogP contribution >= 0.6 is 0 Å². The zero-order valence-electron chi connectivity index (χ0n) is 10.3. The summed E-state index contributed by atoms with van der Waals surface area (Å²) in [7, 11) is 0. The van der Waals surface area contributed by atoms with Gasteiger partial charge in [0.15, 0.2) is 6.23 Å². The van der Waals surface area contributed by atoms with Crippen LogP contribution < -0.4 is 0 Å². The van der Waals surface area contributed by atoms with Crippen molar-refractivity contribution in [2.75, 3.05) is 6.61 Å². The minimum absolute atomic E-state index is 0.341. The van der Waals surface area contributed by atoms with Crippen molar-refractivity contribution in [2.45, 2.75) is 50.7 Å². The fraction of sp³-hybridized carbons (Fsp3) is 0.818. The van der Waals surface area contributed by atoms with E-state index in [0.29, 0.717) is 0 Å². The summed E-state index contributed by atoms with van der Waals surface area (Å²) in [6, 6.07) is 0. The van der Waals surface area contributed by atoms with Gasteiger partial charge in [0.1, 0.15) is 18.3 Å². The van der Waals surface area contributed by atoms with Crippen molar-refractivity contribution in [3.63, 3.8) is 0 Å². The Morgan fingerprint density at radius 2 is 2.17 bits per heavy atom. The van der Waals surface area contributed by atoms with E-state index in [1.807, 2.05) is 0 Å². The van der Waals surface area contributed by atoms with Crippen molar-refractivity contribution < 1.29 is 20.1 Å². The van der Waals surface area contributed by atoms with Crippen LogP contribution in [0.15, 0.2) is 6.20 Å². The normalized spacial score (nSPS) is 32.0. The molecule has 1 aromatic heterocycles. The first-order valence-electron chi connectivity index (χ1n) is 6.20. The van der Waals surface area contributed by atoms with Gasteiger partial charge in [0, 0.05) is 0 Å². The molecule has 1 aliphatic heterocycles. The number of nitrogens with zero attached hydrogens (tertiary/aromatic N) is 3. The molecule has 7 nitrogen and oxygen atoms in total. The predicted molar refractivity (Wildman–Crippen MR) is 61.6 cm³/mol. The summed E-state index contributed by atoms with van der Waals surface area (Å²) in [6.45, 7) is 1.75. The number of rotatable bonds is 5. The van der Waals surface area contributed by atoms with Crippen molar-refractivity contribution in [3.8, 4) is 0 Å². The molecule has 0 unspecified atom stereocenters. The third-order valence-corrected chi connectivity index (χ3v) is 3.12. The van der Waals surface area contributed by atoms with E-state index in [0.717, 1.165) is 25.0 Å². The Bertz CT molecular complexity index is 384. The number of unbranched alkanes of at least 4 members (excludes halogenated alkanes) is 1. The monoisotopic (exact) mass is 257 g/mol. The molecule has 0 bridgehead atoms. The molecule has 0 saturated carbocycles. The molecule has 0 aromatic carbocycles. The Balaban J connectivity index is 2.05. The summed E-state index contributed by atoms with van der Waals surface area (Å²) in [5.41, 5.74) is 0.828. The minimum atomic E-state index is -1.11. The average Bonchev–Trinajstić information content (AvgIpc) is 2.94. The maximum atomic E-state index is 9.82. The Hall–Kier alpha value is -1.02. The molecule has 1 saturated heterocycles. The number of hydrogen-bond donors (Lipinski definition) is 3. The molecule has 1 aromatic rings. The second-order valence-electron chi connectivity index (χ2n) is 4.52. The molecular weight excluding hydrogens is 238 g/mol. The van der Waals surface area contributed by atoms with E-state index < -0.39 is 24.5 Å². The number of aliphatic hydroxyl groups excluding tert-OH is 3. The zero-order chi connectivity index (χ0) is 13.1. The second-order valence-corrected chi connectivity index (χ2v) is 4.52. The average molecular weight is 257 g/mol. The summed E-state index contributed by atoms with van der Waals surface area (Å²) >= 11 is 0. The van der Waals surface area contributed by atoms with E-state index in [1.165, 1.54) is 4.68 Å². The number of aliphatic hydroxyl groups is 3. The predicted octanol–water partition coefficient (Wildman–Crippen LogP) is -0.768. The molecule has 2 heterocycles. The van der Waals surface area contributed by atoms with Gasteiger partial charge in [-0.25, -0.2) is 4.68 Å². The van der Waals surface area contributed by atoms with E-state index in [4.69, 9.17) is 9.84 Å². The second kappa shape index (κ2) is 5.75. The van der Waals surface area contributed by atoms with Gasteiger partial charge in [0.05, 0.1) is 18.5 Å². The van der Waals surface area contributed by atoms with Gasteiger partial charge in [-0.3, -0.25) is 0 Å². The van der Waals surface area contributed by atoms with Crippen LogP contribution in [0.3, 0.4) is 0 Å². The van der Waals surface area contributed by atoms with E-state index in [1.54, 1.807) is 6.20 Å². The zero-order valence-corrected chi connectivity index (χ0v) is 10.3. The molecule has 2 rings (SSSR count). The highest BCUT2D eigenvalue weighted by molar-refractivity contribution is 4.96. The lowest BCUT2D eigenvalue weighted by atomic mass is 10.1. The van der Waals surface area contributed by atoms with Crippen LogP contribution in [0.1, 0.15) is 31.7 Å². The molecule has 0 spiro atoms. The van der Waals surface area contributed by atoms with Crippen molar-refractivity contribution in [1.29, 1.82) is 0 Å². The van der Waals surface area contributed by atoms with E-state index in [-0.39, 0.29) is 6.61 Å². The Labute approximate surface area is 105 Å². The molecule has 1 aliphatic rings. The molecule has 1 fully saturated rings. The van der Waals surface area contributed by atoms with Crippen LogP contribution in [0.5, 0.6) is 0 Å². The largest absolute Gasteiger partial charge is 0.394 e. The highest BCUT2D eigenvalue weighted by Crippen LogP contribution is 2.28. The fourth-order valence-electron chi connectivity index (χ4n) is 2.01. The molecule has 7 heteroatoms. The first kappa shape index (κ1) is 13.4. The van der Waals surface area contributed by atoms with E-state index >= 15 is 0 Å². The highest BCUT2D eigenvalue weighted by atomic mass is 16.6. The molecule has 0 amide bonds. The molecule has 4 atom stereocenters. The van der Waals surface area contributed by atoms with Crippen molar-refractivity contribution in [2.24, 2.45) is 0 Å². The molecule has 102 valence electrons. The Kier molecular flexibility index (Phi) is 4.28. The topological polar surface area (TPSA) is 101 Å². The lowest BCUT2D eigenvalue weighted by molar-refractivity contribution is -0.0594. The first-order chi connectivity index (χ1) is 8.67. The van der Waals surface area contributed by atoms with Crippen molar-refractivity contribution in [3.05, 3.63) is 11.9 Å². The lowest BCUT2D eigenvalue weighted by Gasteiger charge is -2.13. The van der Waals surface area contributed by atoms with Gasteiger partial charge >= 0.3 is 0 Å². The lowest BCUT2D eigenvalue weighted by Crippen LogP contribution is -2.33. The van der Waals surface area contributed by atoms with Crippen LogP contribution in [0.25, 0.3) is 0 Å². The SMILES string of the molecule is CCCCc1cn([C@@H]2O[C@H](CO)[C@@H](O)[C@H]2O)nn1. The third kappa shape index (κ3) is 2.54. The number of aryl methyl sites for hydroxylation is 1. The number of aromatic nitrogens is 3. The summed E-state index contributed by atoms with van der Waals surface area (Å²) in [4.78, 5) is 0. The van der Waals surface area contributed by atoms with E-state index in [9.17, 15) is 10.2 Å². The smallest absolute Gasteiger partial charge is 0.180 e. The molecule has 3 N–H and O–H groups in total. The van der Waals surface area contributed by atoms with Crippen LogP contribution in [0.4, 0.5) is 0 Å². The van der Waals surface area contributed by atoms with Gasteiger partial charge in [-0.05, 0) is 12.8 Å². The highest BCUT2D eigenvalue weighted by Gasteiger charge is 2.43. The third-order valence-electron chi connectivity index (χ3n) is 3.12. The summed E-state index contributed by atoms with van der Waals surface area (Å²) in [5, 5.41) is 36.3. The summed E-state index contributed by atoms with van der Waals surface area (Å²) in [6.07, 6.45) is 0.830. The maximum absolute atomic E-state index is 9.82. The summed E-state index contributed by atoms with van der Waals surface area (Å²) in [5.74, 6) is 0. The van der Waals surface area contributed by atoms with Crippen molar-refractivity contribution >= 4 is 0 Å². The molecule has 0 radical (unpaired) electrons. The first-order valence-corrected chi connectivity index (χ1v) is 6.20. The molecule has 0 aliphatic carbocycles. The van der Waals surface area contributed by atoms with Crippen LogP contribution in [0, 0.1) is 0 Å². The van der Waals surface area contributed by atoms with Gasteiger partial charge in [-0.1, -0.05) is 18.6 Å². The van der Waals surface area contributed by atoms with Crippen LogP contribution in [0.2, 0.25) is 0 Å². The molecule has 18 heavy (non-hydrogen) atoms. The van der Waals surface area contributed by atoms with Crippen LogP contribution in [-0.4, -0.2) is 55.2 Å². The summed E-state index contributed by atoms with van der Waals surface area (Å²) < 4.78 is 6.75. The minimum Gasteiger partial charge on any atom is -0.394 e. The maximum Gasteiger partial charge on any atom is 0.180 e. The standard InChI is InChI=1S/C11H19N3O4/c1-2-3-4-7-5-14(13-12-7)11-10(17)9(16)8(6-15)18-11/h5,8-11,15-17H,2-4,6H2,1H3/t8-,9-,10-,11-/m1/s1. The number of hydrogen-bond acceptors (Lipinski definition) is 6. The number of ether oxygens (including phenoxy) is 1. The fourth-order valence-corrected chi connectivity index (χ4v) is 2.01. The van der Waals surface area contributed by atoms with Gasteiger partial charge in [0.2, 0.25) is 0 Å². The Morgan fingerprint density at radius 3 is 2.78 bits per heavy atom. The van der Waals surface area contributed by atoms with Gasteiger partial charge in [-0.2, -0.15) is 0 Å². The van der Waals surface area contributed by atoms with E-state index in [2.05, 4.69) is 17.2 Å². The Morgan fingerprint density at radius 1 is 1.39 bits per heavy atom. The van der Waals surface area contributed by atoms with Gasteiger partial charge in [0.25, 0.3) is 0 Å².